The lowest BCUT2D eigenvalue weighted by atomic mass is 10.1. The van der Waals surface area contributed by atoms with Gasteiger partial charge in [-0.3, -0.25) is 9.59 Å². The molecule has 1 heterocycles. The predicted octanol–water partition coefficient (Wildman–Crippen LogP) is 4.39. The van der Waals surface area contributed by atoms with Crippen LogP contribution in [-0.2, 0) is 4.74 Å². The summed E-state index contributed by atoms with van der Waals surface area (Å²) in [6.45, 7) is 7.69. The van der Waals surface area contributed by atoms with Gasteiger partial charge in [-0.1, -0.05) is 17.7 Å². The number of nitrogens with zero attached hydrogens (tertiary/aromatic N) is 1. The van der Waals surface area contributed by atoms with E-state index in [0.717, 1.165) is 43.6 Å². The molecule has 166 valence electrons. The molecule has 1 fully saturated rings. The van der Waals surface area contributed by atoms with Crippen molar-refractivity contribution in [3.8, 4) is 0 Å². The van der Waals surface area contributed by atoms with Gasteiger partial charge >= 0.3 is 0 Å². The number of nitrogens with one attached hydrogen (secondary N) is 2. The molecule has 1 aliphatic rings. The van der Waals surface area contributed by atoms with Crippen LogP contribution in [0.25, 0.3) is 0 Å². The fourth-order valence-electron chi connectivity index (χ4n) is 3.73. The molecular formula is C25H33N3O3. The largest absolute Gasteiger partial charge is 0.382 e. The van der Waals surface area contributed by atoms with Gasteiger partial charge in [0.1, 0.15) is 0 Å². The third-order valence-corrected chi connectivity index (χ3v) is 5.46. The molecule has 0 unspecified atom stereocenters. The van der Waals surface area contributed by atoms with E-state index in [1.165, 1.54) is 6.42 Å². The summed E-state index contributed by atoms with van der Waals surface area (Å²) in [6, 6.07) is 13.0. The number of carbonyl (C=O) groups excluding carboxylic acids is 2. The average Bonchev–Trinajstić information content (AvgIpc) is 2.79. The van der Waals surface area contributed by atoms with Crippen molar-refractivity contribution in [1.82, 2.24) is 5.32 Å². The summed E-state index contributed by atoms with van der Waals surface area (Å²) in [5, 5.41) is 5.93. The first-order valence-electron chi connectivity index (χ1n) is 11.2. The lowest BCUT2D eigenvalue weighted by Gasteiger charge is -2.30. The first-order chi connectivity index (χ1) is 15.1. The van der Waals surface area contributed by atoms with Crippen molar-refractivity contribution in [2.45, 2.75) is 39.5 Å². The Hall–Kier alpha value is -2.86. The van der Waals surface area contributed by atoms with Crippen LogP contribution in [0.3, 0.4) is 0 Å². The summed E-state index contributed by atoms with van der Waals surface area (Å²) in [4.78, 5) is 27.9. The van der Waals surface area contributed by atoms with E-state index in [2.05, 4.69) is 15.5 Å². The molecule has 6 heteroatoms. The Balaban J connectivity index is 1.76. The fourth-order valence-corrected chi connectivity index (χ4v) is 3.73. The molecule has 0 atom stereocenters. The Morgan fingerprint density at radius 1 is 1.00 bits per heavy atom. The summed E-state index contributed by atoms with van der Waals surface area (Å²) >= 11 is 0. The fraction of sp³-hybridized carbons (Fsp3) is 0.440. The molecule has 1 saturated heterocycles. The van der Waals surface area contributed by atoms with Crippen LogP contribution in [0.2, 0.25) is 0 Å². The number of anilines is 2. The van der Waals surface area contributed by atoms with Gasteiger partial charge in [-0.15, -0.1) is 0 Å². The second kappa shape index (κ2) is 11.5. The van der Waals surface area contributed by atoms with Crippen molar-refractivity contribution < 1.29 is 14.3 Å². The SMILES string of the molecule is CCOCCCNC(=O)c1cc(NC(=O)c2ccc(C)cc2)ccc1N1CCCCC1. The quantitative estimate of drug-likeness (QED) is 0.587. The van der Waals surface area contributed by atoms with E-state index in [9.17, 15) is 9.59 Å². The summed E-state index contributed by atoms with van der Waals surface area (Å²) in [7, 11) is 0. The smallest absolute Gasteiger partial charge is 0.255 e. The van der Waals surface area contributed by atoms with Gasteiger partial charge in [0.05, 0.1) is 5.56 Å². The van der Waals surface area contributed by atoms with Crippen molar-refractivity contribution in [3.63, 3.8) is 0 Å². The van der Waals surface area contributed by atoms with Gasteiger partial charge in [-0.25, -0.2) is 0 Å². The van der Waals surface area contributed by atoms with Gasteiger partial charge < -0.3 is 20.3 Å². The molecule has 2 N–H and O–H groups in total. The molecule has 0 radical (unpaired) electrons. The van der Waals surface area contributed by atoms with E-state index < -0.39 is 0 Å². The summed E-state index contributed by atoms with van der Waals surface area (Å²) in [5.41, 5.74) is 3.83. The maximum Gasteiger partial charge on any atom is 0.255 e. The Labute approximate surface area is 185 Å². The lowest BCUT2D eigenvalue weighted by molar-refractivity contribution is 0.0943. The van der Waals surface area contributed by atoms with Crippen molar-refractivity contribution in [1.29, 1.82) is 0 Å². The average molecular weight is 424 g/mol. The number of benzene rings is 2. The minimum Gasteiger partial charge on any atom is -0.382 e. The normalized spacial score (nSPS) is 13.7. The third kappa shape index (κ3) is 6.56. The number of rotatable bonds is 9. The number of hydrogen-bond acceptors (Lipinski definition) is 4. The highest BCUT2D eigenvalue weighted by Gasteiger charge is 2.19. The number of carbonyl (C=O) groups is 2. The minimum absolute atomic E-state index is 0.122. The minimum atomic E-state index is -0.186. The van der Waals surface area contributed by atoms with E-state index in [-0.39, 0.29) is 11.8 Å². The van der Waals surface area contributed by atoms with Crippen LogP contribution in [-0.4, -0.2) is 44.7 Å². The van der Waals surface area contributed by atoms with Crippen molar-refractivity contribution in [2.75, 3.05) is 43.1 Å². The summed E-state index contributed by atoms with van der Waals surface area (Å²) in [5.74, 6) is -0.308. The topological polar surface area (TPSA) is 70.7 Å². The van der Waals surface area contributed by atoms with E-state index in [1.54, 1.807) is 18.2 Å². The van der Waals surface area contributed by atoms with Crippen LogP contribution in [0.15, 0.2) is 42.5 Å². The maximum atomic E-state index is 13.0. The molecule has 0 aromatic heterocycles. The highest BCUT2D eigenvalue weighted by Crippen LogP contribution is 2.27. The molecular weight excluding hydrogens is 390 g/mol. The maximum absolute atomic E-state index is 13.0. The third-order valence-electron chi connectivity index (χ3n) is 5.46. The van der Waals surface area contributed by atoms with Crippen molar-refractivity contribution in [3.05, 3.63) is 59.2 Å². The highest BCUT2D eigenvalue weighted by atomic mass is 16.5. The molecule has 2 aromatic carbocycles. The molecule has 2 aromatic rings. The van der Waals surface area contributed by atoms with Crippen molar-refractivity contribution >= 4 is 23.2 Å². The monoisotopic (exact) mass is 423 g/mol. The Bertz CT molecular complexity index is 874. The van der Waals surface area contributed by atoms with E-state index in [1.807, 2.05) is 38.1 Å². The zero-order chi connectivity index (χ0) is 22.1. The Morgan fingerprint density at radius 3 is 2.45 bits per heavy atom. The molecule has 0 saturated carbocycles. The zero-order valence-corrected chi connectivity index (χ0v) is 18.6. The van der Waals surface area contributed by atoms with Crippen LogP contribution in [0.1, 0.15) is 58.9 Å². The molecule has 0 spiro atoms. The second-order valence-corrected chi connectivity index (χ2v) is 7.91. The van der Waals surface area contributed by atoms with Crippen LogP contribution < -0.4 is 15.5 Å². The van der Waals surface area contributed by atoms with Gasteiger partial charge in [0.15, 0.2) is 0 Å². The molecule has 1 aliphatic heterocycles. The number of aryl methyl sites for hydroxylation is 1. The Morgan fingerprint density at radius 2 is 1.74 bits per heavy atom. The standard InChI is InChI=1S/C25H33N3O3/c1-3-31-17-7-14-26-25(30)22-18-21(12-13-23(22)28-15-5-4-6-16-28)27-24(29)20-10-8-19(2)9-11-20/h8-13,18H,3-7,14-17H2,1-2H3,(H,26,30)(H,27,29). The van der Waals surface area contributed by atoms with E-state index >= 15 is 0 Å². The molecule has 0 bridgehead atoms. The van der Waals surface area contributed by atoms with Gasteiger partial charge in [0, 0.05) is 49.8 Å². The van der Waals surface area contributed by atoms with Crippen molar-refractivity contribution in [2.24, 2.45) is 0 Å². The van der Waals surface area contributed by atoms with E-state index in [0.29, 0.717) is 36.6 Å². The number of piperidine rings is 1. The molecule has 3 rings (SSSR count). The molecule has 2 amide bonds. The molecule has 0 aliphatic carbocycles. The van der Waals surface area contributed by atoms with Crippen LogP contribution >= 0.6 is 0 Å². The summed E-state index contributed by atoms with van der Waals surface area (Å²) < 4.78 is 5.35. The van der Waals surface area contributed by atoms with Gasteiger partial charge in [-0.2, -0.15) is 0 Å². The van der Waals surface area contributed by atoms with Crippen LogP contribution in [0.5, 0.6) is 0 Å². The van der Waals surface area contributed by atoms with E-state index in [4.69, 9.17) is 4.74 Å². The second-order valence-electron chi connectivity index (χ2n) is 7.91. The predicted molar refractivity (Wildman–Crippen MR) is 125 cm³/mol. The van der Waals surface area contributed by atoms with Gasteiger partial charge in [-0.05, 0) is 69.9 Å². The lowest BCUT2D eigenvalue weighted by Crippen LogP contribution is -2.33. The number of hydrogen-bond donors (Lipinski definition) is 2. The molecule has 6 nitrogen and oxygen atoms in total. The van der Waals surface area contributed by atoms with Gasteiger partial charge in [0.2, 0.25) is 0 Å². The zero-order valence-electron chi connectivity index (χ0n) is 18.6. The summed E-state index contributed by atoms with van der Waals surface area (Å²) in [6.07, 6.45) is 4.24. The van der Waals surface area contributed by atoms with Crippen LogP contribution in [0, 0.1) is 6.92 Å². The number of ether oxygens (including phenoxy) is 1. The first kappa shape index (κ1) is 22.8. The Kier molecular flexibility index (Phi) is 8.47. The highest BCUT2D eigenvalue weighted by molar-refractivity contribution is 6.06. The first-order valence-corrected chi connectivity index (χ1v) is 11.2. The number of amides is 2. The van der Waals surface area contributed by atoms with Gasteiger partial charge in [0.25, 0.3) is 11.8 Å². The van der Waals surface area contributed by atoms with Crippen LogP contribution in [0.4, 0.5) is 11.4 Å². The molecule has 31 heavy (non-hydrogen) atoms.